The maximum atomic E-state index is 13.5. The number of nitrogens with two attached hydrogens (primary N) is 1. The zero-order valence-electron chi connectivity index (χ0n) is 9.59. The van der Waals surface area contributed by atoms with Crippen LogP contribution in [0.2, 0.25) is 0 Å². The van der Waals surface area contributed by atoms with Gasteiger partial charge in [0, 0.05) is 17.7 Å². The Hall–Kier alpha value is -1.42. The fourth-order valence-corrected chi connectivity index (χ4v) is 1.34. The highest BCUT2D eigenvalue weighted by Gasteiger charge is 2.06. The lowest BCUT2D eigenvalue weighted by atomic mass is 10.1. The predicted octanol–water partition coefficient (Wildman–Crippen LogP) is 1.67. The van der Waals surface area contributed by atoms with Gasteiger partial charge in [-0.25, -0.2) is 4.39 Å². The fraction of sp³-hybridized carbons (Fsp3) is 0.417. The molecule has 0 radical (unpaired) electrons. The lowest BCUT2D eigenvalue weighted by Gasteiger charge is -2.08. The molecule has 0 saturated heterocycles. The molecule has 0 fully saturated rings. The molecule has 1 rings (SSSR count). The lowest BCUT2D eigenvalue weighted by Crippen LogP contribution is -2.20. The second kappa shape index (κ2) is 5.61. The number of benzene rings is 1. The van der Waals surface area contributed by atoms with Crippen molar-refractivity contribution in [1.29, 1.82) is 0 Å². The van der Waals surface area contributed by atoms with Crippen molar-refractivity contribution in [3.63, 3.8) is 0 Å². The summed E-state index contributed by atoms with van der Waals surface area (Å²) in [5.74, 6) is -0.485. The Morgan fingerprint density at radius 2 is 2.19 bits per heavy atom. The zero-order chi connectivity index (χ0) is 12.1. The highest BCUT2D eigenvalue weighted by molar-refractivity contribution is 5.92. The van der Waals surface area contributed by atoms with E-state index in [9.17, 15) is 9.18 Å². The second-order valence-corrected chi connectivity index (χ2v) is 4.20. The molecule has 0 aromatic heterocycles. The molecular weight excluding hydrogens is 207 g/mol. The summed E-state index contributed by atoms with van der Waals surface area (Å²) in [6.45, 7) is 5.46. The molecule has 0 spiro atoms. The molecule has 0 unspecified atom stereocenters. The van der Waals surface area contributed by atoms with E-state index in [1.807, 2.05) is 0 Å². The van der Waals surface area contributed by atoms with E-state index in [1.165, 1.54) is 12.1 Å². The Balaban J connectivity index is 2.64. The molecule has 1 aromatic carbocycles. The van der Waals surface area contributed by atoms with Crippen LogP contribution in [0.25, 0.3) is 0 Å². The number of hydrogen-bond donors (Lipinski definition) is 2. The van der Waals surface area contributed by atoms with Crippen LogP contribution in [0.3, 0.4) is 0 Å². The van der Waals surface area contributed by atoms with Gasteiger partial charge in [0.05, 0.1) is 0 Å². The number of hydrogen-bond acceptors (Lipinski definition) is 2. The van der Waals surface area contributed by atoms with Crippen molar-refractivity contribution < 1.29 is 9.18 Å². The normalized spacial score (nSPS) is 10.8. The predicted molar refractivity (Wildman–Crippen MR) is 61.5 cm³/mol. The number of rotatable bonds is 5. The Morgan fingerprint density at radius 3 is 2.69 bits per heavy atom. The van der Waals surface area contributed by atoms with Crippen molar-refractivity contribution in [1.82, 2.24) is 5.32 Å². The smallest absolute Gasteiger partial charge is 0.248 e. The average Bonchev–Trinajstić information content (AvgIpc) is 2.19. The molecule has 0 bridgehead atoms. The summed E-state index contributed by atoms with van der Waals surface area (Å²) < 4.78 is 13.5. The minimum absolute atomic E-state index is 0.199. The minimum atomic E-state index is -0.611. The molecule has 3 nitrogen and oxygen atoms in total. The van der Waals surface area contributed by atoms with Crippen LogP contribution in [0.5, 0.6) is 0 Å². The van der Waals surface area contributed by atoms with Gasteiger partial charge in [0.2, 0.25) is 5.91 Å². The van der Waals surface area contributed by atoms with Crippen molar-refractivity contribution in [2.24, 2.45) is 11.7 Å². The molecule has 0 aliphatic rings. The summed E-state index contributed by atoms with van der Waals surface area (Å²) in [6.07, 6.45) is 0. The Labute approximate surface area is 94.8 Å². The van der Waals surface area contributed by atoms with E-state index in [-0.39, 0.29) is 5.56 Å². The fourth-order valence-electron chi connectivity index (χ4n) is 1.34. The van der Waals surface area contributed by atoms with E-state index in [0.717, 1.165) is 6.54 Å². The van der Waals surface area contributed by atoms with Crippen molar-refractivity contribution in [2.75, 3.05) is 6.54 Å². The Kier molecular flexibility index (Phi) is 4.43. The Bertz CT molecular complexity index is 377. The summed E-state index contributed by atoms with van der Waals surface area (Å²) in [4.78, 5) is 10.8. The molecule has 16 heavy (non-hydrogen) atoms. The molecule has 1 amide bonds. The highest BCUT2D eigenvalue weighted by Crippen LogP contribution is 2.10. The van der Waals surface area contributed by atoms with Gasteiger partial charge in [0.15, 0.2) is 0 Å². The molecule has 4 heteroatoms. The first-order valence-electron chi connectivity index (χ1n) is 5.29. The first kappa shape index (κ1) is 12.6. The van der Waals surface area contributed by atoms with Crippen molar-refractivity contribution in [2.45, 2.75) is 20.4 Å². The van der Waals surface area contributed by atoms with E-state index in [4.69, 9.17) is 5.73 Å². The molecule has 0 aliphatic carbocycles. The van der Waals surface area contributed by atoms with Crippen LogP contribution in [-0.4, -0.2) is 12.5 Å². The van der Waals surface area contributed by atoms with Gasteiger partial charge in [0.1, 0.15) is 5.82 Å². The summed E-state index contributed by atoms with van der Waals surface area (Å²) in [7, 11) is 0. The second-order valence-electron chi connectivity index (χ2n) is 4.20. The van der Waals surface area contributed by atoms with Crippen LogP contribution in [0.1, 0.15) is 29.8 Å². The standard InChI is InChI=1S/C12H17FN2O/c1-8(2)6-15-7-10-4-3-9(12(14)16)5-11(10)13/h3-5,8,15H,6-7H2,1-2H3,(H2,14,16). The Morgan fingerprint density at radius 1 is 1.50 bits per heavy atom. The molecule has 0 saturated carbocycles. The van der Waals surface area contributed by atoms with Gasteiger partial charge in [-0.3, -0.25) is 4.79 Å². The van der Waals surface area contributed by atoms with E-state index >= 15 is 0 Å². The quantitative estimate of drug-likeness (QED) is 0.799. The number of amides is 1. The summed E-state index contributed by atoms with van der Waals surface area (Å²) in [6, 6.07) is 4.30. The lowest BCUT2D eigenvalue weighted by molar-refractivity contribution is 0.1000. The van der Waals surface area contributed by atoms with Gasteiger partial charge in [-0.1, -0.05) is 19.9 Å². The van der Waals surface area contributed by atoms with Gasteiger partial charge < -0.3 is 11.1 Å². The van der Waals surface area contributed by atoms with Gasteiger partial charge in [0.25, 0.3) is 0 Å². The van der Waals surface area contributed by atoms with Crippen LogP contribution in [0, 0.1) is 11.7 Å². The molecular formula is C12H17FN2O. The van der Waals surface area contributed by atoms with Crippen LogP contribution in [0.4, 0.5) is 4.39 Å². The average molecular weight is 224 g/mol. The molecule has 88 valence electrons. The van der Waals surface area contributed by atoms with E-state index in [2.05, 4.69) is 19.2 Å². The van der Waals surface area contributed by atoms with Gasteiger partial charge in [-0.05, 0) is 24.6 Å². The SMILES string of the molecule is CC(C)CNCc1ccc(C(N)=O)cc1F. The molecule has 1 aromatic rings. The molecule has 0 heterocycles. The first-order chi connectivity index (χ1) is 7.50. The third kappa shape index (κ3) is 3.62. The number of nitrogens with one attached hydrogen (secondary N) is 1. The van der Waals surface area contributed by atoms with Crippen molar-refractivity contribution in [3.05, 3.63) is 35.1 Å². The van der Waals surface area contributed by atoms with Crippen molar-refractivity contribution in [3.8, 4) is 0 Å². The number of carbonyl (C=O) groups excluding carboxylic acids is 1. The largest absolute Gasteiger partial charge is 0.366 e. The third-order valence-corrected chi connectivity index (χ3v) is 2.21. The van der Waals surface area contributed by atoms with Crippen LogP contribution in [0.15, 0.2) is 18.2 Å². The molecule has 0 aliphatic heterocycles. The monoisotopic (exact) mass is 224 g/mol. The maximum absolute atomic E-state index is 13.5. The minimum Gasteiger partial charge on any atom is -0.366 e. The molecule has 0 atom stereocenters. The van der Waals surface area contributed by atoms with Crippen molar-refractivity contribution >= 4 is 5.91 Å². The first-order valence-corrected chi connectivity index (χ1v) is 5.29. The van der Waals surface area contributed by atoms with Crippen LogP contribution in [-0.2, 0) is 6.54 Å². The highest BCUT2D eigenvalue weighted by atomic mass is 19.1. The van der Waals surface area contributed by atoms with Gasteiger partial charge >= 0.3 is 0 Å². The van der Waals surface area contributed by atoms with Crippen LogP contribution < -0.4 is 11.1 Å². The van der Waals surface area contributed by atoms with E-state index < -0.39 is 11.7 Å². The third-order valence-electron chi connectivity index (χ3n) is 2.21. The van der Waals surface area contributed by atoms with Gasteiger partial charge in [-0.2, -0.15) is 0 Å². The topological polar surface area (TPSA) is 55.1 Å². The summed E-state index contributed by atoms with van der Waals surface area (Å²) in [5, 5.41) is 3.13. The number of primary amides is 1. The van der Waals surface area contributed by atoms with Gasteiger partial charge in [-0.15, -0.1) is 0 Å². The van der Waals surface area contributed by atoms with E-state index in [0.29, 0.717) is 18.0 Å². The number of halogens is 1. The number of carbonyl (C=O) groups is 1. The van der Waals surface area contributed by atoms with Crippen LogP contribution >= 0.6 is 0 Å². The van der Waals surface area contributed by atoms with E-state index in [1.54, 1.807) is 6.07 Å². The zero-order valence-corrected chi connectivity index (χ0v) is 9.59. The maximum Gasteiger partial charge on any atom is 0.248 e. The molecule has 3 N–H and O–H groups in total. The summed E-state index contributed by atoms with van der Waals surface area (Å²) in [5.41, 5.74) is 5.80. The summed E-state index contributed by atoms with van der Waals surface area (Å²) >= 11 is 0.